The summed E-state index contributed by atoms with van der Waals surface area (Å²) in [6.45, 7) is 11.7. The van der Waals surface area contributed by atoms with Gasteiger partial charge in [0.05, 0.1) is 12.2 Å². The van der Waals surface area contributed by atoms with Crippen LogP contribution < -0.4 is 4.74 Å². The molecule has 160 valence electrons. The maximum atomic E-state index is 14.5. The summed E-state index contributed by atoms with van der Waals surface area (Å²) in [5.74, 6) is -1.69. The van der Waals surface area contributed by atoms with Crippen LogP contribution in [-0.2, 0) is 9.53 Å². The zero-order valence-electron chi connectivity index (χ0n) is 17.9. The zero-order valence-corrected chi connectivity index (χ0v) is 17.9. The number of rotatable bonds is 6. The Morgan fingerprint density at radius 3 is 2.63 bits per heavy atom. The van der Waals surface area contributed by atoms with E-state index in [9.17, 15) is 9.18 Å². The zero-order chi connectivity index (χ0) is 22.0. The van der Waals surface area contributed by atoms with Gasteiger partial charge < -0.3 is 14.6 Å². The van der Waals surface area contributed by atoms with Crippen LogP contribution in [0.2, 0.25) is 0 Å². The molecule has 2 aromatic carbocycles. The number of aliphatic carboxylic acids is 1. The van der Waals surface area contributed by atoms with Crippen LogP contribution >= 0.6 is 0 Å². The highest BCUT2D eigenvalue weighted by Crippen LogP contribution is 2.48. The molecule has 1 aliphatic rings. The molecule has 2 aromatic rings. The lowest BCUT2D eigenvalue weighted by Gasteiger charge is -2.42. The van der Waals surface area contributed by atoms with Crippen molar-refractivity contribution in [3.63, 3.8) is 0 Å². The maximum absolute atomic E-state index is 14.5. The van der Waals surface area contributed by atoms with Gasteiger partial charge in [0.15, 0.2) is 18.2 Å². The van der Waals surface area contributed by atoms with Crippen LogP contribution in [0.4, 0.5) is 4.39 Å². The lowest BCUT2D eigenvalue weighted by atomic mass is 9.75. The third-order valence-electron chi connectivity index (χ3n) is 5.90. The topological polar surface area (TPSA) is 55.8 Å². The molecule has 1 N–H and O–H groups in total. The first-order valence-electron chi connectivity index (χ1n) is 10.2. The van der Waals surface area contributed by atoms with Crippen molar-refractivity contribution in [1.82, 2.24) is 0 Å². The standard InChI is InChI=1S/C25H29FO4/c1-14(2)20-12-21(18-10-9-15(3)11-16(18)4)17(5)30-24(20)19-7-6-8-22(26)25(19)29-13-23(27)28/h6-11,17,20-21,24H,1,12-13H2,2-5H3,(H,27,28)/t17-,20+,21-,24+/m0/s1. The molecule has 0 aromatic heterocycles. The summed E-state index contributed by atoms with van der Waals surface area (Å²) in [7, 11) is 0. The van der Waals surface area contributed by atoms with Crippen molar-refractivity contribution in [3.05, 3.63) is 76.6 Å². The predicted octanol–water partition coefficient (Wildman–Crippen LogP) is 5.73. The Hall–Kier alpha value is -2.66. The third kappa shape index (κ3) is 4.57. The number of hydrogen-bond acceptors (Lipinski definition) is 3. The van der Waals surface area contributed by atoms with Crippen LogP contribution in [0.1, 0.15) is 54.5 Å². The summed E-state index contributed by atoms with van der Waals surface area (Å²) in [6.07, 6.45) is 0.238. The third-order valence-corrected chi connectivity index (χ3v) is 5.90. The maximum Gasteiger partial charge on any atom is 0.341 e. The molecule has 1 fully saturated rings. The average molecular weight is 413 g/mol. The van der Waals surface area contributed by atoms with Gasteiger partial charge in [0.25, 0.3) is 0 Å². The van der Waals surface area contributed by atoms with E-state index in [1.807, 2.05) is 13.8 Å². The van der Waals surface area contributed by atoms with E-state index in [-0.39, 0.29) is 23.7 Å². The second kappa shape index (κ2) is 9.00. The van der Waals surface area contributed by atoms with Gasteiger partial charge in [-0.05, 0) is 51.3 Å². The van der Waals surface area contributed by atoms with E-state index in [0.29, 0.717) is 5.56 Å². The summed E-state index contributed by atoms with van der Waals surface area (Å²) in [6, 6.07) is 11.1. The van der Waals surface area contributed by atoms with Crippen molar-refractivity contribution in [1.29, 1.82) is 0 Å². The minimum absolute atomic E-state index is 0.0547. The molecule has 1 heterocycles. The average Bonchev–Trinajstić information content (AvgIpc) is 2.67. The number of ether oxygens (including phenoxy) is 2. The molecule has 0 saturated carbocycles. The quantitative estimate of drug-likeness (QED) is 0.616. The van der Waals surface area contributed by atoms with Crippen molar-refractivity contribution in [2.24, 2.45) is 5.92 Å². The van der Waals surface area contributed by atoms with Gasteiger partial charge in [-0.1, -0.05) is 48.0 Å². The van der Waals surface area contributed by atoms with E-state index < -0.39 is 24.5 Å². The predicted molar refractivity (Wildman–Crippen MR) is 114 cm³/mol. The minimum atomic E-state index is -1.16. The molecule has 4 atom stereocenters. The van der Waals surface area contributed by atoms with E-state index >= 15 is 0 Å². The van der Waals surface area contributed by atoms with Crippen LogP contribution in [0.3, 0.4) is 0 Å². The molecule has 5 heteroatoms. The largest absolute Gasteiger partial charge is 0.479 e. The summed E-state index contributed by atoms with van der Waals surface area (Å²) >= 11 is 0. The van der Waals surface area contributed by atoms with E-state index in [1.54, 1.807) is 12.1 Å². The number of para-hydroxylation sites is 1. The fourth-order valence-corrected chi connectivity index (χ4v) is 4.42. The molecule has 0 bridgehead atoms. The van der Waals surface area contributed by atoms with Gasteiger partial charge in [0.2, 0.25) is 0 Å². The number of carbonyl (C=O) groups is 1. The smallest absolute Gasteiger partial charge is 0.341 e. The van der Waals surface area contributed by atoms with Crippen molar-refractivity contribution < 1.29 is 23.8 Å². The fourth-order valence-electron chi connectivity index (χ4n) is 4.42. The molecule has 3 rings (SSSR count). The molecule has 1 aliphatic heterocycles. The highest BCUT2D eigenvalue weighted by molar-refractivity contribution is 5.68. The molecular weight excluding hydrogens is 383 g/mol. The van der Waals surface area contributed by atoms with E-state index in [1.165, 1.54) is 22.8 Å². The molecule has 30 heavy (non-hydrogen) atoms. The molecule has 0 unspecified atom stereocenters. The lowest BCUT2D eigenvalue weighted by molar-refractivity contribution is -0.139. The number of carboxylic acid groups (broad SMARTS) is 1. The fraction of sp³-hybridized carbons (Fsp3) is 0.400. The number of halogens is 1. The van der Waals surface area contributed by atoms with Gasteiger partial charge in [0, 0.05) is 17.4 Å². The van der Waals surface area contributed by atoms with Gasteiger partial charge in [-0.3, -0.25) is 0 Å². The van der Waals surface area contributed by atoms with E-state index in [0.717, 1.165) is 12.0 Å². The van der Waals surface area contributed by atoms with Crippen molar-refractivity contribution >= 4 is 5.97 Å². The summed E-state index contributed by atoms with van der Waals surface area (Å²) < 4.78 is 26.3. The van der Waals surface area contributed by atoms with Gasteiger partial charge >= 0.3 is 5.97 Å². The van der Waals surface area contributed by atoms with E-state index in [2.05, 4.69) is 38.6 Å². The molecule has 0 spiro atoms. The number of aryl methyl sites for hydroxylation is 2. The molecule has 0 amide bonds. The monoisotopic (exact) mass is 412 g/mol. The number of carboxylic acids is 1. The highest BCUT2D eigenvalue weighted by Gasteiger charge is 2.39. The van der Waals surface area contributed by atoms with Crippen molar-refractivity contribution in [2.45, 2.75) is 52.2 Å². The summed E-state index contributed by atoms with van der Waals surface area (Å²) in [4.78, 5) is 11.0. The second-order valence-corrected chi connectivity index (χ2v) is 8.26. The van der Waals surface area contributed by atoms with Crippen molar-refractivity contribution in [3.8, 4) is 5.75 Å². The summed E-state index contributed by atoms with van der Waals surface area (Å²) in [5, 5.41) is 8.96. The SMILES string of the molecule is C=C(C)[C@H]1C[C@H](c2ccc(C)cc2C)[C@H](C)O[C@@H]1c1cccc(F)c1OCC(=O)O. The molecule has 0 radical (unpaired) electrons. The Morgan fingerprint density at radius 1 is 1.27 bits per heavy atom. The first kappa shape index (κ1) is 22.0. The van der Waals surface area contributed by atoms with Gasteiger partial charge in [0.1, 0.15) is 0 Å². The molecule has 0 aliphatic carbocycles. The second-order valence-electron chi connectivity index (χ2n) is 8.26. The molecule has 1 saturated heterocycles. The Bertz CT molecular complexity index is 952. The molecule has 4 nitrogen and oxygen atoms in total. The van der Waals surface area contributed by atoms with Crippen LogP contribution in [0, 0.1) is 25.6 Å². The lowest BCUT2D eigenvalue weighted by Crippen LogP contribution is -2.35. The number of hydrogen-bond donors (Lipinski definition) is 1. The summed E-state index contributed by atoms with van der Waals surface area (Å²) in [5.41, 5.74) is 5.16. The van der Waals surface area contributed by atoms with Gasteiger partial charge in [-0.2, -0.15) is 0 Å². The Kier molecular flexibility index (Phi) is 6.61. The van der Waals surface area contributed by atoms with Gasteiger partial charge in [-0.15, -0.1) is 0 Å². The van der Waals surface area contributed by atoms with Gasteiger partial charge in [-0.25, -0.2) is 9.18 Å². The van der Waals surface area contributed by atoms with Crippen LogP contribution in [0.25, 0.3) is 0 Å². The Morgan fingerprint density at radius 2 is 2.00 bits per heavy atom. The Balaban J connectivity index is 1.97. The normalized spacial score (nSPS) is 23.8. The number of benzene rings is 2. The first-order valence-corrected chi connectivity index (χ1v) is 10.2. The van der Waals surface area contributed by atoms with Crippen molar-refractivity contribution in [2.75, 3.05) is 6.61 Å². The van der Waals surface area contributed by atoms with Crippen LogP contribution in [0.15, 0.2) is 48.6 Å². The highest BCUT2D eigenvalue weighted by atomic mass is 19.1. The van der Waals surface area contributed by atoms with E-state index in [4.69, 9.17) is 14.6 Å². The Labute approximate surface area is 177 Å². The van der Waals surface area contributed by atoms with Crippen LogP contribution in [-0.4, -0.2) is 23.8 Å². The van der Waals surface area contributed by atoms with Crippen LogP contribution in [0.5, 0.6) is 5.75 Å². The molecular formula is C25H29FO4. The first-order chi connectivity index (χ1) is 14.2. The minimum Gasteiger partial charge on any atom is -0.479 e.